The summed E-state index contributed by atoms with van der Waals surface area (Å²) in [4.78, 5) is 0. The second-order valence-corrected chi connectivity index (χ2v) is 3.91. The summed E-state index contributed by atoms with van der Waals surface area (Å²) in [5, 5.41) is 9.37. The lowest BCUT2D eigenvalue weighted by Crippen LogP contribution is -2.54. The minimum Gasteiger partial charge on any atom is -0.390 e. The molecule has 0 radical (unpaired) electrons. The molecule has 4 nitrogen and oxygen atoms in total. The van der Waals surface area contributed by atoms with Gasteiger partial charge < -0.3 is 19.3 Å². The van der Waals surface area contributed by atoms with Gasteiger partial charge in [-0.25, -0.2) is 0 Å². The van der Waals surface area contributed by atoms with E-state index in [0.29, 0.717) is 13.0 Å². The molecule has 17 heavy (non-hydrogen) atoms. The first-order valence-electron chi connectivity index (χ1n) is 5.41. The maximum Gasteiger partial charge on any atom is 0.391 e. The van der Waals surface area contributed by atoms with Crippen molar-refractivity contribution < 1.29 is 32.5 Å². The molecule has 0 aromatic carbocycles. The summed E-state index contributed by atoms with van der Waals surface area (Å²) in [5.41, 5.74) is 0. The molecule has 1 aliphatic carbocycles. The third-order valence-electron chi connectivity index (χ3n) is 2.53. The van der Waals surface area contributed by atoms with Crippen molar-refractivity contribution in [2.75, 3.05) is 26.9 Å². The van der Waals surface area contributed by atoms with Gasteiger partial charge in [0.25, 0.3) is 0 Å². The highest BCUT2D eigenvalue weighted by atomic mass is 19.4. The number of aliphatic hydroxyl groups excluding tert-OH is 1. The van der Waals surface area contributed by atoms with Gasteiger partial charge in [-0.3, -0.25) is 0 Å². The zero-order valence-electron chi connectivity index (χ0n) is 9.57. The molecular weight excluding hydrogens is 241 g/mol. The molecule has 0 aromatic rings. The minimum atomic E-state index is -4.21. The van der Waals surface area contributed by atoms with Crippen LogP contribution in [0.5, 0.6) is 0 Å². The van der Waals surface area contributed by atoms with Crippen LogP contribution < -0.4 is 0 Å². The molecule has 1 aliphatic rings. The van der Waals surface area contributed by atoms with Gasteiger partial charge in [0.2, 0.25) is 0 Å². The van der Waals surface area contributed by atoms with Gasteiger partial charge in [0.05, 0.1) is 38.4 Å². The summed E-state index contributed by atoms with van der Waals surface area (Å²) in [6.45, 7) is 0.265. The summed E-state index contributed by atoms with van der Waals surface area (Å²) in [5.74, 6) is 0. The molecule has 0 aliphatic heterocycles. The number of ether oxygens (including phenoxy) is 3. The fraction of sp³-hybridized carbons (Fsp3) is 1.00. The smallest absolute Gasteiger partial charge is 0.390 e. The lowest BCUT2D eigenvalue weighted by Gasteiger charge is -2.40. The molecule has 7 heteroatoms. The first-order valence-corrected chi connectivity index (χ1v) is 5.41. The van der Waals surface area contributed by atoms with Crippen LogP contribution in [0.15, 0.2) is 0 Å². The van der Waals surface area contributed by atoms with Crippen molar-refractivity contribution >= 4 is 0 Å². The first kappa shape index (κ1) is 14.7. The third kappa shape index (κ3) is 5.20. The topological polar surface area (TPSA) is 47.9 Å². The molecule has 1 rings (SSSR count). The van der Waals surface area contributed by atoms with Crippen LogP contribution in [0.2, 0.25) is 0 Å². The highest BCUT2D eigenvalue weighted by molar-refractivity contribution is 4.92. The molecule has 1 fully saturated rings. The molecule has 0 bridgehead atoms. The number of rotatable bonds is 7. The van der Waals surface area contributed by atoms with Crippen molar-refractivity contribution in [3.8, 4) is 0 Å². The van der Waals surface area contributed by atoms with E-state index in [9.17, 15) is 18.3 Å². The van der Waals surface area contributed by atoms with Gasteiger partial charge in [-0.2, -0.15) is 13.2 Å². The average molecular weight is 258 g/mol. The van der Waals surface area contributed by atoms with Crippen LogP contribution in [0.3, 0.4) is 0 Å². The lowest BCUT2D eigenvalue weighted by atomic mass is 9.88. The second kappa shape index (κ2) is 6.53. The zero-order valence-corrected chi connectivity index (χ0v) is 9.57. The van der Waals surface area contributed by atoms with Crippen molar-refractivity contribution in [3.63, 3.8) is 0 Å². The van der Waals surface area contributed by atoms with Gasteiger partial charge in [-0.05, 0) is 0 Å². The number of hydrogen-bond acceptors (Lipinski definition) is 4. The van der Waals surface area contributed by atoms with E-state index < -0.39 is 37.5 Å². The van der Waals surface area contributed by atoms with Gasteiger partial charge in [-0.1, -0.05) is 0 Å². The Labute approximate surface area is 97.6 Å². The standard InChI is InChI=1S/C10H17F3O4/c1-15-4-5-17-9-7(14)6-8(9)16-3-2-10(11,12)13/h7-9,14H,2-6H2,1H3. The Hall–Kier alpha value is -0.370. The Morgan fingerprint density at radius 2 is 1.88 bits per heavy atom. The predicted octanol–water partition coefficient (Wildman–Crippen LogP) is 1.12. The van der Waals surface area contributed by atoms with E-state index in [-0.39, 0.29) is 6.61 Å². The van der Waals surface area contributed by atoms with E-state index in [1.54, 1.807) is 0 Å². The van der Waals surface area contributed by atoms with E-state index >= 15 is 0 Å². The average Bonchev–Trinajstić information content (AvgIpc) is 2.21. The number of alkyl halides is 3. The molecule has 0 amide bonds. The Bertz CT molecular complexity index is 222. The molecule has 1 saturated carbocycles. The maximum atomic E-state index is 11.9. The highest BCUT2D eigenvalue weighted by Crippen LogP contribution is 2.28. The Kier molecular flexibility index (Phi) is 5.64. The van der Waals surface area contributed by atoms with Crippen molar-refractivity contribution in [1.29, 1.82) is 0 Å². The van der Waals surface area contributed by atoms with Crippen LogP contribution in [-0.2, 0) is 14.2 Å². The lowest BCUT2D eigenvalue weighted by molar-refractivity contribution is -0.208. The monoisotopic (exact) mass is 258 g/mol. The molecule has 0 aromatic heterocycles. The van der Waals surface area contributed by atoms with Crippen LogP contribution in [-0.4, -0.2) is 56.5 Å². The van der Waals surface area contributed by atoms with Crippen molar-refractivity contribution in [2.24, 2.45) is 0 Å². The number of hydrogen-bond donors (Lipinski definition) is 1. The quantitative estimate of drug-likeness (QED) is 0.695. The van der Waals surface area contributed by atoms with Crippen LogP contribution in [0.25, 0.3) is 0 Å². The molecule has 3 atom stereocenters. The fourth-order valence-corrected chi connectivity index (χ4v) is 1.53. The van der Waals surface area contributed by atoms with Crippen LogP contribution in [0, 0.1) is 0 Å². The summed E-state index contributed by atoms with van der Waals surface area (Å²) < 4.78 is 50.6. The van der Waals surface area contributed by atoms with Gasteiger partial charge in [-0.15, -0.1) is 0 Å². The number of methoxy groups -OCH3 is 1. The number of halogens is 3. The Morgan fingerprint density at radius 3 is 2.41 bits per heavy atom. The van der Waals surface area contributed by atoms with E-state index in [1.165, 1.54) is 7.11 Å². The summed E-state index contributed by atoms with van der Waals surface area (Å²) in [6, 6.07) is 0. The van der Waals surface area contributed by atoms with E-state index in [4.69, 9.17) is 14.2 Å². The minimum absolute atomic E-state index is 0.289. The second-order valence-electron chi connectivity index (χ2n) is 3.91. The van der Waals surface area contributed by atoms with E-state index in [0.717, 1.165) is 0 Å². The number of aliphatic hydroxyl groups is 1. The Morgan fingerprint density at radius 1 is 1.18 bits per heavy atom. The zero-order chi connectivity index (χ0) is 12.9. The van der Waals surface area contributed by atoms with Gasteiger partial charge in [0, 0.05) is 13.5 Å². The van der Waals surface area contributed by atoms with Crippen LogP contribution in [0.1, 0.15) is 12.8 Å². The van der Waals surface area contributed by atoms with E-state index in [1.807, 2.05) is 0 Å². The normalized spacial score (nSPS) is 29.1. The van der Waals surface area contributed by atoms with Crippen LogP contribution >= 0.6 is 0 Å². The van der Waals surface area contributed by atoms with Crippen molar-refractivity contribution in [2.45, 2.75) is 37.3 Å². The molecule has 102 valence electrons. The fourth-order valence-electron chi connectivity index (χ4n) is 1.53. The van der Waals surface area contributed by atoms with Gasteiger partial charge in [0.1, 0.15) is 6.10 Å². The summed E-state index contributed by atoms with van der Waals surface area (Å²) >= 11 is 0. The molecule has 0 heterocycles. The third-order valence-corrected chi connectivity index (χ3v) is 2.53. The van der Waals surface area contributed by atoms with Gasteiger partial charge in [0.15, 0.2) is 0 Å². The van der Waals surface area contributed by atoms with Gasteiger partial charge >= 0.3 is 6.18 Å². The maximum absolute atomic E-state index is 11.9. The summed E-state index contributed by atoms with van der Waals surface area (Å²) in [7, 11) is 1.51. The largest absolute Gasteiger partial charge is 0.391 e. The first-order chi connectivity index (χ1) is 7.94. The van der Waals surface area contributed by atoms with Crippen molar-refractivity contribution in [1.82, 2.24) is 0 Å². The van der Waals surface area contributed by atoms with Crippen LogP contribution in [0.4, 0.5) is 13.2 Å². The molecule has 0 saturated heterocycles. The van der Waals surface area contributed by atoms with E-state index in [2.05, 4.69) is 0 Å². The molecule has 0 spiro atoms. The molecule has 1 N–H and O–H groups in total. The molecular formula is C10H17F3O4. The highest BCUT2D eigenvalue weighted by Gasteiger charge is 2.42. The molecule has 3 unspecified atom stereocenters. The summed E-state index contributed by atoms with van der Waals surface area (Å²) in [6.07, 6.45) is -6.54. The Balaban J connectivity index is 2.16. The SMILES string of the molecule is COCCOC1C(O)CC1OCCC(F)(F)F. The predicted molar refractivity (Wildman–Crippen MR) is 52.7 cm³/mol. The van der Waals surface area contributed by atoms with Crippen molar-refractivity contribution in [3.05, 3.63) is 0 Å².